The van der Waals surface area contributed by atoms with Crippen LogP contribution >= 0.6 is 11.8 Å². The van der Waals surface area contributed by atoms with Crippen molar-refractivity contribution in [3.63, 3.8) is 0 Å². The van der Waals surface area contributed by atoms with Crippen LogP contribution in [0.25, 0.3) is 0 Å². The standard InChI is InChI=1S/C10H18N2OS/c1-14-7-5-12(4-3-11)8-10-2-6-13-9-10/h10H,2,4-9H2,1H3. The monoisotopic (exact) mass is 214 g/mol. The van der Waals surface area contributed by atoms with Crippen LogP contribution in [-0.2, 0) is 4.74 Å². The van der Waals surface area contributed by atoms with Crippen LogP contribution in [-0.4, -0.2) is 49.8 Å². The van der Waals surface area contributed by atoms with Crippen molar-refractivity contribution in [3.05, 3.63) is 0 Å². The molecule has 80 valence electrons. The average molecular weight is 214 g/mol. The molecule has 1 saturated heterocycles. The van der Waals surface area contributed by atoms with Crippen LogP contribution < -0.4 is 0 Å². The molecule has 0 radical (unpaired) electrons. The van der Waals surface area contributed by atoms with E-state index in [0.29, 0.717) is 12.5 Å². The quantitative estimate of drug-likeness (QED) is 0.623. The van der Waals surface area contributed by atoms with Crippen LogP contribution in [0.1, 0.15) is 6.42 Å². The summed E-state index contributed by atoms with van der Waals surface area (Å²) in [6.07, 6.45) is 3.25. The van der Waals surface area contributed by atoms with E-state index in [1.54, 1.807) is 0 Å². The zero-order chi connectivity index (χ0) is 10.2. The first-order valence-electron chi connectivity index (χ1n) is 5.02. The number of hydrogen-bond acceptors (Lipinski definition) is 4. The molecule has 14 heavy (non-hydrogen) atoms. The molecule has 1 aliphatic heterocycles. The summed E-state index contributed by atoms with van der Waals surface area (Å²) in [5.74, 6) is 1.75. The lowest BCUT2D eigenvalue weighted by atomic mass is 10.1. The van der Waals surface area contributed by atoms with E-state index in [2.05, 4.69) is 17.2 Å². The van der Waals surface area contributed by atoms with Gasteiger partial charge in [0.05, 0.1) is 19.2 Å². The van der Waals surface area contributed by atoms with E-state index in [1.807, 2.05) is 11.8 Å². The molecule has 0 N–H and O–H groups in total. The molecule has 0 aromatic carbocycles. The van der Waals surface area contributed by atoms with Gasteiger partial charge >= 0.3 is 0 Å². The molecule has 0 bridgehead atoms. The van der Waals surface area contributed by atoms with Gasteiger partial charge in [-0.15, -0.1) is 0 Å². The Hall–Kier alpha value is -0.240. The molecule has 3 nitrogen and oxygen atoms in total. The molecule has 0 spiro atoms. The van der Waals surface area contributed by atoms with Crippen LogP contribution in [0.2, 0.25) is 0 Å². The van der Waals surface area contributed by atoms with Gasteiger partial charge in [-0.1, -0.05) is 0 Å². The second-order valence-corrected chi connectivity index (χ2v) is 4.60. The van der Waals surface area contributed by atoms with Gasteiger partial charge in [-0.2, -0.15) is 17.0 Å². The smallest absolute Gasteiger partial charge is 0.0866 e. The highest BCUT2D eigenvalue weighted by Gasteiger charge is 2.18. The predicted octanol–water partition coefficient (Wildman–Crippen LogP) is 1.21. The first-order valence-corrected chi connectivity index (χ1v) is 6.42. The highest BCUT2D eigenvalue weighted by molar-refractivity contribution is 7.98. The molecule has 0 aromatic heterocycles. The van der Waals surface area contributed by atoms with Gasteiger partial charge in [0.1, 0.15) is 0 Å². The maximum Gasteiger partial charge on any atom is 0.0866 e. The van der Waals surface area contributed by atoms with Crippen molar-refractivity contribution in [2.45, 2.75) is 6.42 Å². The van der Waals surface area contributed by atoms with Crippen LogP contribution in [0.3, 0.4) is 0 Å². The molecule has 0 aromatic rings. The highest BCUT2D eigenvalue weighted by atomic mass is 32.2. The number of nitrogens with zero attached hydrogens (tertiary/aromatic N) is 2. The van der Waals surface area contributed by atoms with Crippen molar-refractivity contribution in [2.24, 2.45) is 5.92 Å². The first kappa shape index (κ1) is 11.8. The van der Waals surface area contributed by atoms with Crippen LogP contribution in [0.15, 0.2) is 0 Å². The van der Waals surface area contributed by atoms with Gasteiger partial charge in [0, 0.05) is 25.4 Å². The lowest BCUT2D eigenvalue weighted by Crippen LogP contribution is -2.32. The zero-order valence-electron chi connectivity index (χ0n) is 8.74. The SMILES string of the molecule is CSCCN(CC#N)CC1CCOC1. The van der Waals surface area contributed by atoms with Crippen molar-refractivity contribution in [1.29, 1.82) is 5.26 Å². The fraction of sp³-hybridized carbons (Fsp3) is 0.900. The topological polar surface area (TPSA) is 36.3 Å². The van der Waals surface area contributed by atoms with Gasteiger partial charge in [0.2, 0.25) is 0 Å². The van der Waals surface area contributed by atoms with E-state index in [4.69, 9.17) is 10.00 Å². The summed E-state index contributed by atoms with van der Waals surface area (Å²) in [4.78, 5) is 2.23. The number of nitriles is 1. The largest absolute Gasteiger partial charge is 0.381 e. The Kier molecular flexibility index (Phi) is 6.00. The summed E-state index contributed by atoms with van der Waals surface area (Å²) in [7, 11) is 0. The number of ether oxygens (including phenoxy) is 1. The first-order chi connectivity index (χ1) is 6.86. The molecule has 0 amide bonds. The van der Waals surface area contributed by atoms with Crippen molar-refractivity contribution < 1.29 is 4.74 Å². The molecule has 4 heteroatoms. The van der Waals surface area contributed by atoms with E-state index in [0.717, 1.165) is 38.5 Å². The summed E-state index contributed by atoms with van der Waals surface area (Å²) in [5, 5.41) is 8.68. The third kappa shape index (κ3) is 4.32. The van der Waals surface area contributed by atoms with E-state index in [9.17, 15) is 0 Å². The molecular formula is C10H18N2OS. The minimum atomic E-state index is 0.553. The van der Waals surface area contributed by atoms with E-state index < -0.39 is 0 Å². The summed E-state index contributed by atoms with van der Waals surface area (Å²) in [6.45, 7) is 4.37. The van der Waals surface area contributed by atoms with Gasteiger partial charge in [-0.05, 0) is 18.6 Å². The minimum absolute atomic E-state index is 0.553. The number of rotatable bonds is 6. The van der Waals surface area contributed by atoms with Gasteiger partial charge in [0.15, 0.2) is 0 Å². The molecule has 0 aliphatic carbocycles. The number of thioether (sulfide) groups is 1. The maximum absolute atomic E-state index is 8.68. The van der Waals surface area contributed by atoms with Gasteiger partial charge in [-0.3, -0.25) is 4.90 Å². The van der Waals surface area contributed by atoms with Crippen LogP contribution in [0.5, 0.6) is 0 Å². The summed E-state index contributed by atoms with van der Waals surface area (Å²) in [6, 6.07) is 2.23. The van der Waals surface area contributed by atoms with Crippen molar-refractivity contribution in [1.82, 2.24) is 4.90 Å². The third-order valence-electron chi connectivity index (χ3n) is 2.45. The molecular weight excluding hydrogens is 196 g/mol. The summed E-state index contributed by atoms with van der Waals surface area (Å²) >= 11 is 1.83. The molecule has 0 saturated carbocycles. The Balaban J connectivity index is 2.22. The molecule has 1 rings (SSSR count). The van der Waals surface area contributed by atoms with Crippen molar-refractivity contribution >= 4 is 11.8 Å². The van der Waals surface area contributed by atoms with E-state index >= 15 is 0 Å². The highest BCUT2D eigenvalue weighted by Crippen LogP contribution is 2.13. The van der Waals surface area contributed by atoms with Crippen LogP contribution in [0, 0.1) is 17.2 Å². The average Bonchev–Trinajstić information content (AvgIpc) is 2.67. The van der Waals surface area contributed by atoms with Gasteiger partial charge in [-0.25, -0.2) is 0 Å². The maximum atomic E-state index is 8.68. The summed E-state index contributed by atoms with van der Waals surface area (Å²) in [5.41, 5.74) is 0. The Labute approximate surface area is 90.4 Å². The fourth-order valence-electron chi connectivity index (χ4n) is 1.65. The Morgan fingerprint density at radius 2 is 2.50 bits per heavy atom. The number of hydrogen-bond donors (Lipinski definition) is 0. The minimum Gasteiger partial charge on any atom is -0.381 e. The van der Waals surface area contributed by atoms with Crippen LogP contribution in [0.4, 0.5) is 0 Å². The van der Waals surface area contributed by atoms with Crippen molar-refractivity contribution in [2.75, 3.05) is 44.9 Å². The Morgan fingerprint density at radius 1 is 1.64 bits per heavy atom. The fourth-order valence-corrected chi connectivity index (χ4v) is 2.09. The lowest BCUT2D eigenvalue weighted by molar-refractivity contribution is 0.173. The Morgan fingerprint density at radius 3 is 3.07 bits per heavy atom. The Bertz CT molecular complexity index is 187. The molecule has 1 heterocycles. The van der Waals surface area contributed by atoms with E-state index in [-0.39, 0.29) is 0 Å². The molecule has 1 atom stereocenters. The molecule has 1 aliphatic rings. The van der Waals surface area contributed by atoms with Gasteiger partial charge in [0.25, 0.3) is 0 Å². The van der Waals surface area contributed by atoms with Crippen molar-refractivity contribution in [3.8, 4) is 6.07 Å². The normalized spacial score (nSPS) is 21.4. The molecule has 1 fully saturated rings. The second kappa shape index (κ2) is 7.10. The summed E-state index contributed by atoms with van der Waals surface area (Å²) < 4.78 is 5.33. The second-order valence-electron chi connectivity index (χ2n) is 3.62. The zero-order valence-corrected chi connectivity index (χ0v) is 9.55. The van der Waals surface area contributed by atoms with E-state index in [1.165, 1.54) is 0 Å². The third-order valence-corrected chi connectivity index (χ3v) is 3.04. The lowest BCUT2D eigenvalue weighted by Gasteiger charge is -2.21. The predicted molar refractivity (Wildman–Crippen MR) is 59.4 cm³/mol. The van der Waals surface area contributed by atoms with Gasteiger partial charge < -0.3 is 4.74 Å². The molecule has 1 unspecified atom stereocenters.